The Labute approximate surface area is 163 Å². The summed E-state index contributed by atoms with van der Waals surface area (Å²) in [4.78, 5) is 11.4. The van der Waals surface area contributed by atoms with Gasteiger partial charge in [-0.25, -0.2) is 0 Å². The van der Waals surface area contributed by atoms with E-state index in [1.807, 2.05) is 0 Å². The predicted molar refractivity (Wildman–Crippen MR) is 97.5 cm³/mol. The van der Waals surface area contributed by atoms with E-state index in [9.17, 15) is 13.2 Å². The van der Waals surface area contributed by atoms with Gasteiger partial charge in [-0.1, -0.05) is 64.9 Å². The Morgan fingerprint density at radius 2 is 1.61 bits per heavy atom. The van der Waals surface area contributed by atoms with Gasteiger partial charge in [-0.3, -0.25) is 9.35 Å². The van der Waals surface area contributed by atoms with E-state index in [-0.39, 0.29) is 29.6 Å². The molecule has 0 bridgehead atoms. The van der Waals surface area contributed by atoms with Gasteiger partial charge in [0.15, 0.2) is 0 Å². The van der Waals surface area contributed by atoms with Gasteiger partial charge in [0.2, 0.25) is 5.91 Å². The van der Waals surface area contributed by atoms with E-state index >= 15 is 0 Å². The molecular weight excluding hydrogens is 325 g/mol. The fourth-order valence-electron chi connectivity index (χ4n) is 2.57. The molecular formula is C16H32NNaO4S. The predicted octanol–water partition coefficient (Wildman–Crippen LogP) is 2.82. The molecule has 23 heavy (non-hydrogen) atoms. The van der Waals surface area contributed by atoms with E-state index in [1.165, 1.54) is 32.1 Å². The van der Waals surface area contributed by atoms with E-state index in [0.29, 0.717) is 6.42 Å². The second-order valence-electron chi connectivity index (χ2n) is 6.21. The molecule has 0 aromatic carbocycles. The van der Waals surface area contributed by atoms with Crippen LogP contribution in [-0.2, 0) is 14.9 Å². The molecule has 0 saturated carbocycles. The van der Waals surface area contributed by atoms with Crippen LogP contribution in [0.1, 0.15) is 71.6 Å². The molecule has 1 amide bonds. The van der Waals surface area contributed by atoms with Crippen LogP contribution < -0.4 is 5.32 Å². The Balaban J connectivity index is 0. The van der Waals surface area contributed by atoms with Crippen molar-refractivity contribution < 1.29 is 17.8 Å². The Morgan fingerprint density at radius 3 is 2.04 bits per heavy atom. The van der Waals surface area contributed by atoms with E-state index in [4.69, 9.17) is 4.55 Å². The third kappa shape index (κ3) is 15.4. The fraction of sp³-hybridized carbons (Fsp3) is 0.812. The maximum atomic E-state index is 11.4. The van der Waals surface area contributed by atoms with E-state index < -0.39 is 27.3 Å². The van der Waals surface area contributed by atoms with E-state index in [1.54, 1.807) is 6.92 Å². The summed E-state index contributed by atoms with van der Waals surface area (Å²) in [5, 5.41) is 2.62. The normalized spacial score (nSPS) is 13.7. The van der Waals surface area contributed by atoms with Gasteiger partial charge in [-0.2, -0.15) is 8.42 Å². The topological polar surface area (TPSA) is 83.5 Å². The first-order valence-corrected chi connectivity index (χ1v) is 9.73. The van der Waals surface area contributed by atoms with Gasteiger partial charge < -0.3 is 5.32 Å². The summed E-state index contributed by atoms with van der Waals surface area (Å²) in [7, 11) is -4.14. The third-order valence-corrected chi connectivity index (χ3v) is 4.70. The first-order chi connectivity index (χ1) is 10.2. The number of nitrogens with one attached hydrogen (secondary N) is 1. The molecule has 0 aromatic heterocycles. The number of amides is 1. The van der Waals surface area contributed by atoms with Crippen LogP contribution in [0.15, 0.2) is 12.7 Å². The van der Waals surface area contributed by atoms with Crippen molar-refractivity contribution in [2.45, 2.75) is 77.2 Å². The first-order valence-electron chi connectivity index (χ1n) is 8.12. The van der Waals surface area contributed by atoms with Crippen LogP contribution in [0.25, 0.3) is 0 Å². The van der Waals surface area contributed by atoms with Gasteiger partial charge in [0.05, 0.1) is 11.3 Å². The van der Waals surface area contributed by atoms with Crippen molar-refractivity contribution in [3.63, 3.8) is 0 Å². The summed E-state index contributed by atoms with van der Waals surface area (Å²) < 4.78 is 31.3. The van der Waals surface area contributed by atoms with Gasteiger partial charge in [0.1, 0.15) is 0 Å². The summed E-state index contributed by atoms with van der Waals surface area (Å²) in [6.07, 6.45) is 10.8. The van der Waals surface area contributed by atoms with Crippen molar-refractivity contribution in [1.82, 2.24) is 5.32 Å². The van der Waals surface area contributed by atoms with Crippen molar-refractivity contribution in [1.29, 1.82) is 0 Å². The van der Waals surface area contributed by atoms with Crippen molar-refractivity contribution in [3.05, 3.63) is 12.7 Å². The molecule has 0 aromatic rings. The van der Waals surface area contributed by atoms with Crippen LogP contribution in [-0.4, -0.2) is 59.7 Å². The van der Waals surface area contributed by atoms with Gasteiger partial charge in [-0.05, 0) is 19.4 Å². The molecule has 132 valence electrons. The van der Waals surface area contributed by atoms with Gasteiger partial charge >= 0.3 is 29.6 Å². The summed E-state index contributed by atoms with van der Waals surface area (Å²) >= 11 is 0. The molecule has 2 N–H and O–H groups in total. The molecule has 7 heteroatoms. The quantitative estimate of drug-likeness (QED) is 0.230. The minimum atomic E-state index is -4.14. The molecule has 5 nitrogen and oxygen atoms in total. The van der Waals surface area contributed by atoms with Crippen LogP contribution in [0.4, 0.5) is 0 Å². The second kappa shape index (κ2) is 13.4. The maximum absolute atomic E-state index is 11.4. The molecule has 1 atom stereocenters. The molecule has 0 aliphatic rings. The zero-order valence-corrected chi connectivity index (χ0v) is 14.8. The Bertz CT molecular complexity index is 439. The second-order valence-corrected chi connectivity index (χ2v) is 7.66. The van der Waals surface area contributed by atoms with Gasteiger partial charge in [-0.15, -0.1) is 0 Å². The molecule has 0 saturated heterocycles. The van der Waals surface area contributed by atoms with Crippen molar-refractivity contribution >= 4 is 45.6 Å². The van der Waals surface area contributed by atoms with Crippen LogP contribution in [0.3, 0.4) is 0 Å². The summed E-state index contributed by atoms with van der Waals surface area (Å²) in [5.74, 6) is -0.901. The van der Waals surface area contributed by atoms with Crippen LogP contribution in [0, 0.1) is 0 Å². The summed E-state index contributed by atoms with van der Waals surface area (Å²) in [5.41, 5.74) is -0.957. The number of hydrogen-bond acceptors (Lipinski definition) is 3. The molecule has 0 fully saturated rings. The SMILES string of the molecule is C=CC(=O)NC(C)(CCCCCCCCCC)CS(=O)(=O)O.[NaH]. The molecule has 0 radical (unpaired) electrons. The summed E-state index contributed by atoms with van der Waals surface area (Å²) in [6.45, 7) is 7.19. The van der Waals surface area contributed by atoms with E-state index in [2.05, 4.69) is 18.8 Å². The van der Waals surface area contributed by atoms with Crippen LogP contribution in [0.5, 0.6) is 0 Å². The molecule has 0 aliphatic carbocycles. The third-order valence-electron chi connectivity index (χ3n) is 3.69. The molecule has 0 spiro atoms. The average molecular weight is 357 g/mol. The minimum absolute atomic E-state index is 0. The fourth-order valence-corrected chi connectivity index (χ4v) is 3.59. The summed E-state index contributed by atoms with van der Waals surface area (Å²) in [6, 6.07) is 0. The zero-order valence-electron chi connectivity index (χ0n) is 13.9. The van der Waals surface area contributed by atoms with Gasteiger partial charge in [0, 0.05) is 0 Å². The number of carbonyl (C=O) groups excluding carboxylic acids is 1. The Morgan fingerprint density at radius 1 is 1.13 bits per heavy atom. The monoisotopic (exact) mass is 357 g/mol. The number of unbranched alkanes of at least 4 members (excludes halogenated alkanes) is 7. The van der Waals surface area contributed by atoms with Crippen molar-refractivity contribution in [3.8, 4) is 0 Å². The number of hydrogen-bond donors (Lipinski definition) is 2. The molecule has 0 heterocycles. The Hall–Kier alpha value is 0.120. The first kappa shape index (κ1) is 25.4. The average Bonchev–Trinajstić information content (AvgIpc) is 2.39. The van der Waals surface area contributed by atoms with Gasteiger partial charge in [0.25, 0.3) is 10.1 Å². The zero-order chi connectivity index (χ0) is 17.1. The van der Waals surface area contributed by atoms with Crippen molar-refractivity contribution in [2.75, 3.05) is 5.75 Å². The van der Waals surface area contributed by atoms with Crippen molar-refractivity contribution in [2.24, 2.45) is 0 Å². The van der Waals surface area contributed by atoms with E-state index in [0.717, 1.165) is 25.3 Å². The molecule has 0 rings (SSSR count). The van der Waals surface area contributed by atoms with Crippen LogP contribution in [0.2, 0.25) is 0 Å². The standard InChI is InChI=1S/C16H31NO4S.Na.H/c1-4-6-7-8-9-10-11-12-13-16(3,14-22(19,20)21)17-15(18)5-2;;/h5H,2,4,6-14H2,1,3H3,(H,17,18)(H,19,20,21);;. The number of rotatable bonds is 13. The number of carbonyl (C=O) groups is 1. The molecule has 0 aliphatic heterocycles. The Kier molecular flexibility index (Phi) is 14.8. The van der Waals surface area contributed by atoms with Crippen LogP contribution >= 0.6 is 0 Å². The molecule has 1 unspecified atom stereocenters.